The molecular formula is C22H22N4O2S. The molecule has 3 heterocycles. The van der Waals surface area contributed by atoms with E-state index in [9.17, 15) is 4.79 Å². The van der Waals surface area contributed by atoms with E-state index in [1.807, 2.05) is 53.4 Å². The van der Waals surface area contributed by atoms with Gasteiger partial charge in [0.15, 0.2) is 5.13 Å². The van der Waals surface area contributed by atoms with Gasteiger partial charge in [-0.3, -0.25) is 10.1 Å². The van der Waals surface area contributed by atoms with Crippen LogP contribution in [0.3, 0.4) is 0 Å². The predicted molar refractivity (Wildman–Crippen MR) is 115 cm³/mol. The number of hydrogen-bond donors (Lipinski definition) is 1. The average Bonchev–Trinajstić information content (AvgIpc) is 3.34. The quantitative estimate of drug-likeness (QED) is 0.486. The molecule has 0 aliphatic carbocycles. The third kappa shape index (κ3) is 4.14. The molecule has 1 N–H and O–H groups in total. The highest BCUT2D eigenvalue weighted by molar-refractivity contribution is 7.14. The Bertz CT molecular complexity index is 1160. The maximum absolute atomic E-state index is 12.8. The Morgan fingerprint density at radius 1 is 1.21 bits per heavy atom. The number of carbonyl (C=O) groups is 1. The van der Waals surface area contributed by atoms with Crippen LogP contribution in [0, 0.1) is 6.92 Å². The number of aryl methyl sites for hydroxylation is 1. The molecule has 4 rings (SSSR count). The molecule has 7 heteroatoms. The van der Waals surface area contributed by atoms with Gasteiger partial charge in [0, 0.05) is 17.8 Å². The van der Waals surface area contributed by atoms with Crippen LogP contribution in [0.5, 0.6) is 5.75 Å². The second kappa shape index (κ2) is 8.05. The maximum Gasteiger partial charge on any atom is 0.261 e. The first-order valence-corrected chi connectivity index (χ1v) is 10.3. The lowest BCUT2D eigenvalue weighted by atomic mass is 10.2. The Labute approximate surface area is 173 Å². The van der Waals surface area contributed by atoms with E-state index >= 15 is 0 Å². The van der Waals surface area contributed by atoms with Crippen LogP contribution in [0.4, 0.5) is 5.13 Å². The largest absolute Gasteiger partial charge is 0.486 e. The molecule has 1 aromatic carbocycles. The highest BCUT2D eigenvalue weighted by Gasteiger charge is 2.15. The second-order valence-corrected chi connectivity index (χ2v) is 7.98. The van der Waals surface area contributed by atoms with Crippen molar-refractivity contribution in [3.05, 3.63) is 76.7 Å². The van der Waals surface area contributed by atoms with Gasteiger partial charge in [-0.2, -0.15) is 0 Å². The minimum atomic E-state index is -0.240. The van der Waals surface area contributed by atoms with Crippen molar-refractivity contribution in [2.45, 2.75) is 33.3 Å². The molecule has 0 spiro atoms. The number of ether oxygens (including phenoxy) is 1. The normalized spacial score (nSPS) is 11.2. The lowest BCUT2D eigenvalue weighted by molar-refractivity contribution is 0.102. The maximum atomic E-state index is 12.8. The summed E-state index contributed by atoms with van der Waals surface area (Å²) in [4.78, 5) is 21.8. The summed E-state index contributed by atoms with van der Waals surface area (Å²) in [7, 11) is 0. The molecule has 4 aromatic rings. The summed E-state index contributed by atoms with van der Waals surface area (Å²) < 4.78 is 7.91. The molecule has 6 nitrogen and oxygen atoms in total. The number of pyridine rings is 1. The predicted octanol–water partition coefficient (Wildman–Crippen LogP) is 5.05. The van der Waals surface area contributed by atoms with Crippen LogP contribution in [-0.2, 0) is 6.61 Å². The van der Waals surface area contributed by atoms with Gasteiger partial charge in [0.25, 0.3) is 5.91 Å². The molecule has 0 fully saturated rings. The summed E-state index contributed by atoms with van der Waals surface area (Å²) in [5, 5.41) is 5.42. The van der Waals surface area contributed by atoms with E-state index < -0.39 is 0 Å². The van der Waals surface area contributed by atoms with Crippen molar-refractivity contribution in [2.24, 2.45) is 0 Å². The third-order valence-electron chi connectivity index (χ3n) is 4.57. The van der Waals surface area contributed by atoms with Crippen LogP contribution in [0.15, 0.2) is 54.2 Å². The molecule has 0 aliphatic rings. The Hall–Kier alpha value is -3.19. The third-order valence-corrected chi connectivity index (χ3v) is 5.34. The van der Waals surface area contributed by atoms with Gasteiger partial charge < -0.3 is 9.14 Å². The van der Waals surface area contributed by atoms with Gasteiger partial charge in [0.2, 0.25) is 0 Å². The number of thiazole rings is 1. The van der Waals surface area contributed by atoms with E-state index in [2.05, 4.69) is 29.1 Å². The van der Waals surface area contributed by atoms with Crippen molar-refractivity contribution in [2.75, 3.05) is 5.32 Å². The highest BCUT2D eigenvalue weighted by Crippen LogP contribution is 2.24. The zero-order valence-electron chi connectivity index (χ0n) is 16.5. The second-order valence-electron chi connectivity index (χ2n) is 7.13. The standard InChI is InChI=1S/C22H22N4O2S/c1-14(2)18-13-29-22(24-18)25-21(27)17-8-4-5-9-19(17)28-12-16-11-26-10-6-7-15(3)20(26)23-16/h4-11,13-14H,12H2,1-3H3,(H,24,25,27). The Kier molecular flexibility index (Phi) is 5.31. The van der Waals surface area contributed by atoms with Crippen LogP contribution in [0.25, 0.3) is 5.65 Å². The van der Waals surface area contributed by atoms with Crippen molar-refractivity contribution in [1.29, 1.82) is 0 Å². The minimum absolute atomic E-state index is 0.240. The van der Waals surface area contributed by atoms with Crippen LogP contribution < -0.4 is 10.1 Å². The van der Waals surface area contributed by atoms with Crippen molar-refractivity contribution in [1.82, 2.24) is 14.4 Å². The molecule has 0 saturated heterocycles. The highest BCUT2D eigenvalue weighted by atomic mass is 32.1. The number of hydrogen-bond acceptors (Lipinski definition) is 5. The van der Waals surface area contributed by atoms with Gasteiger partial charge in [0.05, 0.1) is 17.0 Å². The SMILES string of the molecule is Cc1cccn2cc(COc3ccccc3C(=O)Nc3nc(C(C)C)cs3)nc12. The van der Waals surface area contributed by atoms with E-state index in [0.717, 1.165) is 22.6 Å². The molecule has 0 unspecified atom stereocenters. The molecule has 148 valence electrons. The van der Waals surface area contributed by atoms with Crippen molar-refractivity contribution in [3.63, 3.8) is 0 Å². The van der Waals surface area contributed by atoms with Crippen LogP contribution >= 0.6 is 11.3 Å². The number of carbonyl (C=O) groups excluding carboxylic acids is 1. The summed E-state index contributed by atoms with van der Waals surface area (Å²) in [6, 6.07) is 11.2. The molecule has 29 heavy (non-hydrogen) atoms. The monoisotopic (exact) mass is 406 g/mol. The number of benzene rings is 1. The number of para-hydroxylation sites is 1. The Morgan fingerprint density at radius 3 is 2.79 bits per heavy atom. The van der Waals surface area contributed by atoms with Crippen LogP contribution in [0.1, 0.15) is 47.1 Å². The van der Waals surface area contributed by atoms with E-state index in [1.165, 1.54) is 11.3 Å². The van der Waals surface area contributed by atoms with Gasteiger partial charge in [-0.05, 0) is 36.6 Å². The van der Waals surface area contributed by atoms with E-state index in [-0.39, 0.29) is 12.5 Å². The number of amides is 1. The number of imidazole rings is 1. The van der Waals surface area contributed by atoms with Gasteiger partial charge in [-0.1, -0.05) is 32.0 Å². The lowest BCUT2D eigenvalue weighted by Gasteiger charge is -2.10. The van der Waals surface area contributed by atoms with Crippen LogP contribution in [0.2, 0.25) is 0 Å². The van der Waals surface area contributed by atoms with Gasteiger partial charge >= 0.3 is 0 Å². The number of aromatic nitrogens is 3. The van der Waals surface area contributed by atoms with Crippen LogP contribution in [-0.4, -0.2) is 20.3 Å². The minimum Gasteiger partial charge on any atom is -0.486 e. The van der Waals surface area contributed by atoms with E-state index in [0.29, 0.717) is 22.4 Å². The first-order valence-electron chi connectivity index (χ1n) is 9.43. The van der Waals surface area contributed by atoms with Gasteiger partial charge in [-0.15, -0.1) is 11.3 Å². The molecule has 0 saturated carbocycles. The van der Waals surface area contributed by atoms with E-state index in [1.54, 1.807) is 12.1 Å². The zero-order valence-corrected chi connectivity index (χ0v) is 17.4. The molecule has 0 aliphatic heterocycles. The molecule has 0 bridgehead atoms. The fourth-order valence-corrected chi connectivity index (χ4v) is 3.85. The number of anilines is 1. The fraction of sp³-hybridized carbons (Fsp3) is 0.227. The van der Waals surface area contributed by atoms with Crippen molar-refractivity contribution >= 4 is 28.0 Å². The number of nitrogens with one attached hydrogen (secondary N) is 1. The Balaban J connectivity index is 1.49. The number of rotatable bonds is 6. The number of fused-ring (bicyclic) bond motifs is 1. The zero-order chi connectivity index (χ0) is 20.4. The molecule has 1 amide bonds. The first-order chi connectivity index (χ1) is 14.0. The summed E-state index contributed by atoms with van der Waals surface area (Å²) in [6.07, 6.45) is 3.90. The molecule has 3 aromatic heterocycles. The summed E-state index contributed by atoms with van der Waals surface area (Å²) in [5.74, 6) is 0.595. The van der Waals surface area contributed by atoms with Crippen molar-refractivity contribution < 1.29 is 9.53 Å². The summed E-state index contributed by atoms with van der Waals surface area (Å²) >= 11 is 1.42. The summed E-state index contributed by atoms with van der Waals surface area (Å²) in [6.45, 7) is 6.45. The summed E-state index contributed by atoms with van der Waals surface area (Å²) in [5.41, 5.74) is 4.24. The van der Waals surface area contributed by atoms with Gasteiger partial charge in [-0.25, -0.2) is 9.97 Å². The lowest BCUT2D eigenvalue weighted by Crippen LogP contribution is -2.13. The number of nitrogens with zero attached hydrogens (tertiary/aromatic N) is 3. The smallest absolute Gasteiger partial charge is 0.261 e. The molecule has 0 atom stereocenters. The molecular weight excluding hydrogens is 384 g/mol. The Morgan fingerprint density at radius 2 is 2.03 bits per heavy atom. The topological polar surface area (TPSA) is 68.5 Å². The van der Waals surface area contributed by atoms with E-state index in [4.69, 9.17) is 4.74 Å². The van der Waals surface area contributed by atoms with Gasteiger partial charge in [0.1, 0.15) is 18.0 Å². The first kappa shape index (κ1) is 19.1. The van der Waals surface area contributed by atoms with Crippen molar-refractivity contribution in [3.8, 4) is 5.75 Å². The fourth-order valence-electron chi connectivity index (χ4n) is 2.98. The average molecular weight is 407 g/mol. The molecule has 0 radical (unpaired) electrons.